The van der Waals surface area contributed by atoms with Gasteiger partial charge in [-0.2, -0.15) is 0 Å². The van der Waals surface area contributed by atoms with Gasteiger partial charge in [0.2, 0.25) is 0 Å². The molecule has 88 valence electrons. The first-order chi connectivity index (χ1) is 8.25. The number of carboxylic acids is 1. The topological polar surface area (TPSA) is 55.8 Å². The summed E-state index contributed by atoms with van der Waals surface area (Å²) in [5.74, 6) is 4.99. The number of benzene rings is 1. The normalized spacial score (nSPS) is 13.2. The van der Waals surface area contributed by atoms with Gasteiger partial charge in [-0.25, -0.2) is 4.79 Å². The zero-order valence-corrected chi connectivity index (χ0v) is 9.23. The van der Waals surface area contributed by atoms with Crippen LogP contribution in [0.3, 0.4) is 0 Å². The highest BCUT2D eigenvalue weighted by molar-refractivity contribution is 5.86. The van der Waals surface area contributed by atoms with E-state index in [2.05, 4.69) is 11.8 Å². The van der Waals surface area contributed by atoms with Crippen LogP contribution in [0.1, 0.15) is 12.0 Å². The van der Waals surface area contributed by atoms with Gasteiger partial charge in [-0.1, -0.05) is 12.0 Å². The zero-order chi connectivity index (χ0) is 12.1. The number of ether oxygens (including phenoxy) is 2. The molecule has 17 heavy (non-hydrogen) atoms. The van der Waals surface area contributed by atoms with E-state index in [0.717, 1.165) is 17.7 Å². The van der Waals surface area contributed by atoms with Crippen molar-refractivity contribution in [3.8, 4) is 23.3 Å². The van der Waals surface area contributed by atoms with Crippen LogP contribution in [0.4, 0.5) is 0 Å². The molecule has 0 radical (unpaired) electrons. The van der Waals surface area contributed by atoms with Crippen molar-refractivity contribution >= 4 is 5.97 Å². The van der Waals surface area contributed by atoms with Crippen LogP contribution >= 0.6 is 0 Å². The molecule has 0 amide bonds. The fourth-order valence-corrected chi connectivity index (χ4v) is 1.54. The van der Waals surface area contributed by atoms with Gasteiger partial charge >= 0.3 is 5.97 Å². The summed E-state index contributed by atoms with van der Waals surface area (Å²) < 4.78 is 11.0. The molecule has 0 spiro atoms. The van der Waals surface area contributed by atoms with Crippen LogP contribution in [-0.4, -0.2) is 24.3 Å². The molecule has 0 aliphatic carbocycles. The predicted octanol–water partition coefficient (Wildman–Crippen LogP) is 1.48. The third-order valence-corrected chi connectivity index (χ3v) is 2.30. The lowest BCUT2D eigenvalue weighted by Gasteiger charge is -2.07. The van der Waals surface area contributed by atoms with Gasteiger partial charge in [0.25, 0.3) is 0 Å². The van der Waals surface area contributed by atoms with E-state index in [-0.39, 0.29) is 0 Å². The summed E-state index contributed by atoms with van der Waals surface area (Å²) in [6.45, 7) is 1.29. The molecule has 4 nitrogen and oxygen atoms in total. The predicted molar refractivity (Wildman–Crippen MR) is 61.2 cm³/mol. The van der Waals surface area contributed by atoms with Gasteiger partial charge in [0, 0.05) is 18.8 Å². The Kier molecular flexibility index (Phi) is 3.51. The summed E-state index contributed by atoms with van der Waals surface area (Å²) in [6.07, 6.45) is 1.26. The highest BCUT2D eigenvalue weighted by Gasteiger charge is 2.09. The number of carbonyl (C=O) groups is 1. The van der Waals surface area contributed by atoms with E-state index >= 15 is 0 Å². The Morgan fingerprint density at radius 2 is 2.06 bits per heavy atom. The van der Waals surface area contributed by atoms with Gasteiger partial charge in [-0.15, -0.1) is 0 Å². The average molecular weight is 232 g/mol. The maximum atomic E-state index is 10.2. The Hall–Kier alpha value is -2.15. The molecule has 2 rings (SSSR count). The molecule has 1 aromatic rings. The molecular weight excluding hydrogens is 220 g/mol. The van der Waals surface area contributed by atoms with E-state index in [1.54, 1.807) is 0 Å². The van der Waals surface area contributed by atoms with Gasteiger partial charge in [0.05, 0.1) is 13.2 Å². The average Bonchev–Trinajstić information content (AvgIpc) is 2.53. The summed E-state index contributed by atoms with van der Waals surface area (Å²) in [6, 6.07) is 5.54. The fraction of sp³-hybridized carbons (Fsp3) is 0.308. The Labute approximate surface area is 99.2 Å². The van der Waals surface area contributed by atoms with E-state index in [1.807, 2.05) is 18.2 Å². The van der Waals surface area contributed by atoms with Crippen molar-refractivity contribution in [3.63, 3.8) is 0 Å². The number of hydrogen-bond acceptors (Lipinski definition) is 3. The number of rotatable bonds is 1. The van der Waals surface area contributed by atoms with E-state index in [0.29, 0.717) is 25.4 Å². The smallest absolute Gasteiger partial charge is 0.381 e. The number of hydrogen-bond donors (Lipinski definition) is 1. The Bertz CT molecular complexity index is 482. The molecule has 0 unspecified atom stereocenters. The largest absolute Gasteiger partial charge is 0.490 e. The van der Waals surface area contributed by atoms with Gasteiger partial charge < -0.3 is 14.6 Å². The second kappa shape index (κ2) is 5.26. The number of aliphatic carboxylic acids is 1. The number of fused-ring (bicyclic) bond motifs is 1. The third kappa shape index (κ3) is 3.15. The van der Waals surface area contributed by atoms with Crippen molar-refractivity contribution in [1.29, 1.82) is 0 Å². The van der Waals surface area contributed by atoms with E-state index < -0.39 is 5.97 Å². The van der Waals surface area contributed by atoms with Crippen LogP contribution in [-0.2, 0) is 11.2 Å². The van der Waals surface area contributed by atoms with Crippen LogP contribution in [0.15, 0.2) is 18.2 Å². The van der Waals surface area contributed by atoms with Crippen molar-refractivity contribution in [1.82, 2.24) is 0 Å². The first-order valence-corrected chi connectivity index (χ1v) is 5.36. The van der Waals surface area contributed by atoms with Gasteiger partial charge in [-0.05, 0) is 17.7 Å². The summed E-state index contributed by atoms with van der Waals surface area (Å²) in [5.41, 5.74) is 0.919. The lowest BCUT2D eigenvalue weighted by Crippen LogP contribution is -1.97. The van der Waals surface area contributed by atoms with Crippen LogP contribution in [0.25, 0.3) is 0 Å². The highest BCUT2D eigenvalue weighted by Crippen LogP contribution is 2.30. The highest BCUT2D eigenvalue weighted by atomic mass is 16.5. The molecular formula is C13H12O4. The molecule has 4 heteroatoms. The maximum Gasteiger partial charge on any atom is 0.381 e. The van der Waals surface area contributed by atoms with E-state index in [4.69, 9.17) is 14.6 Å². The number of carboxylic acid groups (broad SMARTS) is 1. The summed E-state index contributed by atoms with van der Waals surface area (Å²) in [5, 5.41) is 8.40. The second-order valence-corrected chi connectivity index (χ2v) is 3.62. The van der Waals surface area contributed by atoms with Gasteiger partial charge in [-0.3, -0.25) is 0 Å². The molecule has 0 saturated heterocycles. The standard InChI is InChI=1S/C13H12O4/c14-13(15)4-1-3-10-5-6-11-12(9-10)17-8-2-7-16-11/h5-6,9H,2-3,7-8H2,(H,14,15). The molecule has 1 N–H and O–H groups in total. The van der Waals surface area contributed by atoms with Crippen molar-refractivity contribution in [2.75, 3.05) is 13.2 Å². The Morgan fingerprint density at radius 3 is 2.82 bits per heavy atom. The van der Waals surface area contributed by atoms with Gasteiger partial charge in [0.1, 0.15) is 0 Å². The van der Waals surface area contributed by atoms with Crippen LogP contribution in [0.5, 0.6) is 11.5 Å². The Balaban J connectivity index is 2.13. The molecule has 0 bridgehead atoms. The first-order valence-electron chi connectivity index (χ1n) is 5.36. The quantitative estimate of drug-likeness (QED) is 0.745. The van der Waals surface area contributed by atoms with Crippen molar-refractivity contribution in [2.24, 2.45) is 0 Å². The molecule has 0 atom stereocenters. The minimum absolute atomic E-state index is 0.392. The van der Waals surface area contributed by atoms with Crippen LogP contribution in [0.2, 0.25) is 0 Å². The minimum atomic E-state index is -1.11. The first kappa shape index (κ1) is 11.3. The van der Waals surface area contributed by atoms with Gasteiger partial charge in [0.15, 0.2) is 11.5 Å². The molecule has 1 aliphatic rings. The van der Waals surface area contributed by atoms with Crippen LogP contribution in [0, 0.1) is 11.8 Å². The molecule has 0 fully saturated rings. The summed E-state index contributed by atoms with van der Waals surface area (Å²) in [4.78, 5) is 10.2. The van der Waals surface area contributed by atoms with E-state index in [1.165, 1.54) is 0 Å². The van der Waals surface area contributed by atoms with E-state index in [9.17, 15) is 4.79 Å². The maximum absolute atomic E-state index is 10.2. The SMILES string of the molecule is O=C(O)C#CCc1ccc2c(c1)OCCCO2. The lowest BCUT2D eigenvalue weighted by molar-refractivity contribution is -0.130. The minimum Gasteiger partial charge on any atom is -0.490 e. The summed E-state index contributed by atoms with van der Waals surface area (Å²) >= 11 is 0. The molecule has 1 heterocycles. The monoisotopic (exact) mass is 232 g/mol. The second-order valence-electron chi connectivity index (χ2n) is 3.62. The van der Waals surface area contributed by atoms with Crippen molar-refractivity contribution in [3.05, 3.63) is 23.8 Å². The lowest BCUT2D eigenvalue weighted by atomic mass is 10.1. The molecule has 1 aromatic carbocycles. The van der Waals surface area contributed by atoms with Crippen molar-refractivity contribution in [2.45, 2.75) is 12.8 Å². The summed E-state index contributed by atoms with van der Waals surface area (Å²) in [7, 11) is 0. The van der Waals surface area contributed by atoms with Crippen LogP contribution < -0.4 is 9.47 Å². The fourth-order valence-electron chi connectivity index (χ4n) is 1.54. The van der Waals surface area contributed by atoms with Crippen molar-refractivity contribution < 1.29 is 19.4 Å². The third-order valence-electron chi connectivity index (χ3n) is 2.30. The molecule has 0 saturated carbocycles. The molecule has 0 aromatic heterocycles. The zero-order valence-electron chi connectivity index (χ0n) is 9.23. The molecule has 1 aliphatic heterocycles. The Morgan fingerprint density at radius 1 is 1.29 bits per heavy atom.